The zero-order valence-electron chi connectivity index (χ0n) is 19.3. The molecule has 6 nitrogen and oxygen atoms in total. The molecule has 0 saturated heterocycles. The highest BCUT2D eigenvalue weighted by atomic mass is 32.1. The van der Waals surface area contributed by atoms with Crippen molar-refractivity contribution in [2.75, 3.05) is 25.0 Å². The molecular formula is C26H33N5OS. The zero-order valence-corrected chi connectivity index (χ0v) is 20.2. The van der Waals surface area contributed by atoms with Crippen LogP contribution in [0.3, 0.4) is 0 Å². The van der Waals surface area contributed by atoms with Crippen molar-refractivity contribution in [2.45, 2.75) is 52.1 Å². The van der Waals surface area contributed by atoms with E-state index in [1.807, 2.05) is 22.8 Å². The molecule has 0 saturated carbocycles. The van der Waals surface area contributed by atoms with Gasteiger partial charge in [-0.25, -0.2) is 4.98 Å². The lowest BCUT2D eigenvalue weighted by Crippen LogP contribution is -2.32. The number of nitrogens with one attached hydrogen (secondary N) is 2. The molecule has 2 heterocycles. The number of benzene rings is 2. The molecule has 0 bridgehead atoms. The molecular weight excluding hydrogens is 430 g/mol. The van der Waals surface area contributed by atoms with Crippen LogP contribution in [0, 0.1) is 0 Å². The number of aromatic nitrogens is 2. The summed E-state index contributed by atoms with van der Waals surface area (Å²) in [6.45, 7) is 6.73. The molecule has 0 fully saturated rings. The average molecular weight is 464 g/mol. The molecule has 33 heavy (non-hydrogen) atoms. The third kappa shape index (κ3) is 6.18. The van der Waals surface area contributed by atoms with E-state index < -0.39 is 0 Å². The monoisotopic (exact) mass is 463 g/mol. The Balaban J connectivity index is 1.30. The minimum atomic E-state index is 0.0532. The first-order chi connectivity index (χ1) is 16.1. The summed E-state index contributed by atoms with van der Waals surface area (Å²) < 4.78 is 1.85. The normalized spacial score (nSPS) is 13.5. The van der Waals surface area contributed by atoms with Crippen LogP contribution in [0.4, 0.5) is 5.69 Å². The van der Waals surface area contributed by atoms with Gasteiger partial charge in [0.25, 0.3) is 5.56 Å². The van der Waals surface area contributed by atoms with Gasteiger partial charge in [-0.05, 0) is 61.8 Å². The summed E-state index contributed by atoms with van der Waals surface area (Å²) in [7, 11) is 0. The van der Waals surface area contributed by atoms with E-state index in [2.05, 4.69) is 52.8 Å². The third-order valence-electron chi connectivity index (χ3n) is 6.21. The average Bonchev–Trinajstić information content (AvgIpc) is 3.08. The molecule has 7 heteroatoms. The van der Waals surface area contributed by atoms with Crippen LogP contribution >= 0.6 is 12.2 Å². The second kappa shape index (κ2) is 11.4. The van der Waals surface area contributed by atoms with Crippen molar-refractivity contribution in [1.29, 1.82) is 0 Å². The maximum Gasteiger partial charge on any atom is 0.261 e. The first-order valence-corrected chi connectivity index (χ1v) is 12.4. The van der Waals surface area contributed by atoms with E-state index in [1.165, 1.54) is 5.56 Å². The summed E-state index contributed by atoms with van der Waals surface area (Å²) in [5.74, 6) is 0.913. The maximum atomic E-state index is 13.0. The van der Waals surface area contributed by atoms with Gasteiger partial charge in [-0.3, -0.25) is 14.3 Å². The molecule has 174 valence electrons. The Bertz CT molecular complexity index is 1140. The van der Waals surface area contributed by atoms with Gasteiger partial charge in [0.15, 0.2) is 5.11 Å². The number of hydrogen-bond donors (Lipinski definition) is 2. The van der Waals surface area contributed by atoms with Crippen LogP contribution in [-0.4, -0.2) is 39.2 Å². The van der Waals surface area contributed by atoms with Gasteiger partial charge in [0.05, 0.1) is 10.9 Å². The fourth-order valence-corrected chi connectivity index (χ4v) is 4.59. The van der Waals surface area contributed by atoms with E-state index in [-0.39, 0.29) is 5.56 Å². The Labute approximate surface area is 201 Å². The Morgan fingerprint density at radius 2 is 2.00 bits per heavy atom. The number of anilines is 1. The first-order valence-electron chi connectivity index (χ1n) is 12.0. The van der Waals surface area contributed by atoms with Gasteiger partial charge in [0.1, 0.15) is 5.82 Å². The maximum absolute atomic E-state index is 13.0. The van der Waals surface area contributed by atoms with Crippen LogP contribution in [-0.2, 0) is 19.5 Å². The van der Waals surface area contributed by atoms with Crippen LogP contribution in [0.5, 0.6) is 0 Å². The molecule has 0 spiro atoms. The number of thiocarbonyl (C=S) groups is 1. The van der Waals surface area contributed by atoms with Crippen molar-refractivity contribution in [1.82, 2.24) is 19.8 Å². The second-order valence-electron chi connectivity index (χ2n) is 8.62. The highest BCUT2D eigenvalue weighted by Crippen LogP contribution is 2.18. The van der Waals surface area contributed by atoms with Gasteiger partial charge < -0.3 is 10.6 Å². The summed E-state index contributed by atoms with van der Waals surface area (Å²) in [5.41, 5.74) is 2.96. The fourth-order valence-electron chi connectivity index (χ4n) is 4.37. The van der Waals surface area contributed by atoms with Crippen molar-refractivity contribution in [3.63, 3.8) is 0 Å². The van der Waals surface area contributed by atoms with Crippen molar-refractivity contribution in [2.24, 2.45) is 0 Å². The number of nitrogens with zero attached hydrogens (tertiary/aromatic N) is 3. The Kier molecular flexibility index (Phi) is 8.07. The summed E-state index contributed by atoms with van der Waals surface area (Å²) in [6.07, 6.45) is 5.15. The number of rotatable bonds is 8. The second-order valence-corrected chi connectivity index (χ2v) is 9.02. The standard InChI is InChI=1S/C26H33N5OS/c1-2-30(19-20-10-5-3-6-11-20)16-9-15-27-26(33)28-21-13-14-23-22(18-21)25(32)31-17-8-4-7-12-24(31)29-23/h3,5-6,10-11,13-14,18H,2,4,7-9,12,15-17,19H2,1H3,(H2,27,28,33). The lowest BCUT2D eigenvalue weighted by atomic mass is 10.2. The summed E-state index contributed by atoms with van der Waals surface area (Å²) in [6, 6.07) is 16.3. The van der Waals surface area contributed by atoms with Crippen molar-refractivity contribution in [3.05, 3.63) is 70.3 Å². The summed E-state index contributed by atoms with van der Waals surface area (Å²) >= 11 is 5.48. The third-order valence-corrected chi connectivity index (χ3v) is 6.45. The SMILES string of the molecule is CCN(CCCNC(=S)Nc1ccc2nc3n(c(=O)c2c1)CCCCC3)Cc1ccccc1. The van der Waals surface area contributed by atoms with E-state index in [4.69, 9.17) is 17.2 Å². The molecule has 0 unspecified atom stereocenters. The van der Waals surface area contributed by atoms with E-state index in [1.54, 1.807) is 0 Å². The van der Waals surface area contributed by atoms with Gasteiger partial charge in [-0.2, -0.15) is 0 Å². The molecule has 0 aliphatic carbocycles. The first kappa shape index (κ1) is 23.4. The predicted octanol–water partition coefficient (Wildman–Crippen LogP) is 4.32. The number of hydrogen-bond acceptors (Lipinski definition) is 4. The minimum absolute atomic E-state index is 0.0532. The Hall–Kier alpha value is -2.77. The van der Waals surface area contributed by atoms with Gasteiger partial charge >= 0.3 is 0 Å². The van der Waals surface area contributed by atoms with Gasteiger partial charge in [-0.15, -0.1) is 0 Å². The number of aryl methyl sites for hydroxylation is 1. The molecule has 0 radical (unpaired) electrons. The highest BCUT2D eigenvalue weighted by Gasteiger charge is 2.14. The lowest BCUT2D eigenvalue weighted by molar-refractivity contribution is 0.277. The lowest BCUT2D eigenvalue weighted by Gasteiger charge is -2.20. The smallest absolute Gasteiger partial charge is 0.261 e. The van der Waals surface area contributed by atoms with Crippen LogP contribution in [0.1, 0.15) is 44.0 Å². The number of fused-ring (bicyclic) bond motifs is 2. The Morgan fingerprint density at radius 1 is 1.15 bits per heavy atom. The van der Waals surface area contributed by atoms with Gasteiger partial charge in [-0.1, -0.05) is 43.7 Å². The van der Waals surface area contributed by atoms with Crippen LogP contribution in [0.15, 0.2) is 53.3 Å². The van der Waals surface area contributed by atoms with Crippen molar-refractivity contribution in [3.8, 4) is 0 Å². The van der Waals surface area contributed by atoms with Crippen LogP contribution in [0.2, 0.25) is 0 Å². The molecule has 0 atom stereocenters. The van der Waals surface area contributed by atoms with E-state index >= 15 is 0 Å². The summed E-state index contributed by atoms with van der Waals surface area (Å²) in [5, 5.41) is 7.74. The molecule has 1 aliphatic heterocycles. The molecule has 1 aromatic heterocycles. The van der Waals surface area contributed by atoms with E-state index in [0.29, 0.717) is 10.5 Å². The highest BCUT2D eigenvalue weighted by molar-refractivity contribution is 7.80. The molecule has 3 aromatic rings. The molecule has 0 amide bonds. The van der Waals surface area contributed by atoms with E-state index in [9.17, 15) is 4.79 Å². The van der Waals surface area contributed by atoms with Crippen molar-refractivity contribution < 1.29 is 0 Å². The molecule has 4 rings (SSSR count). The minimum Gasteiger partial charge on any atom is -0.362 e. The Morgan fingerprint density at radius 3 is 2.82 bits per heavy atom. The van der Waals surface area contributed by atoms with Gasteiger partial charge in [0.2, 0.25) is 0 Å². The molecule has 2 N–H and O–H groups in total. The quantitative estimate of drug-likeness (QED) is 0.383. The van der Waals surface area contributed by atoms with Crippen molar-refractivity contribution >= 4 is 33.9 Å². The fraction of sp³-hybridized carbons (Fsp3) is 0.423. The summed E-state index contributed by atoms with van der Waals surface area (Å²) in [4.78, 5) is 20.2. The van der Waals surface area contributed by atoms with Crippen LogP contribution < -0.4 is 16.2 Å². The zero-order chi connectivity index (χ0) is 23.0. The molecule has 1 aliphatic rings. The predicted molar refractivity (Wildman–Crippen MR) is 140 cm³/mol. The van der Waals surface area contributed by atoms with E-state index in [0.717, 1.165) is 81.9 Å². The molecule has 2 aromatic carbocycles. The largest absolute Gasteiger partial charge is 0.362 e. The van der Waals surface area contributed by atoms with Gasteiger partial charge in [0, 0.05) is 38.3 Å². The van der Waals surface area contributed by atoms with Crippen LogP contribution in [0.25, 0.3) is 10.9 Å². The topological polar surface area (TPSA) is 62.2 Å².